The molecular formula is C23H25Cl2N3O5. The van der Waals surface area contributed by atoms with Crippen LogP contribution in [0.2, 0.25) is 10.0 Å². The topological polar surface area (TPSA) is 97.0 Å². The Labute approximate surface area is 202 Å². The van der Waals surface area contributed by atoms with Gasteiger partial charge in [-0.1, -0.05) is 35.3 Å². The van der Waals surface area contributed by atoms with Crippen LogP contribution < -0.4 is 10.6 Å². The first kappa shape index (κ1) is 24.8. The lowest BCUT2D eigenvalue weighted by molar-refractivity contribution is -0.149. The first-order valence-corrected chi connectivity index (χ1v) is 11.0. The van der Waals surface area contributed by atoms with Gasteiger partial charge in [0, 0.05) is 34.7 Å². The van der Waals surface area contributed by atoms with Gasteiger partial charge in [0.2, 0.25) is 0 Å². The van der Waals surface area contributed by atoms with Crippen molar-refractivity contribution < 1.29 is 23.9 Å². The molecule has 0 spiro atoms. The number of ether oxygens (including phenoxy) is 2. The molecule has 3 rings (SSSR count). The first-order chi connectivity index (χ1) is 15.7. The number of nitrogens with one attached hydrogen (secondary N) is 2. The highest BCUT2D eigenvalue weighted by Crippen LogP contribution is 2.38. The maximum absolute atomic E-state index is 12.4. The minimum atomic E-state index is -1.16. The van der Waals surface area contributed by atoms with E-state index in [0.29, 0.717) is 15.7 Å². The van der Waals surface area contributed by atoms with Gasteiger partial charge in [0.05, 0.1) is 20.6 Å². The molecule has 1 heterocycles. The monoisotopic (exact) mass is 493 g/mol. The summed E-state index contributed by atoms with van der Waals surface area (Å²) in [6, 6.07) is 9.27. The summed E-state index contributed by atoms with van der Waals surface area (Å²) in [7, 11) is 4.40. The van der Waals surface area contributed by atoms with Crippen LogP contribution in [0.5, 0.6) is 0 Å². The van der Waals surface area contributed by atoms with Gasteiger partial charge >= 0.3 is 18.0 Å². The van der Waals surface area contributed by atoms with Gasteiger partial charge in [-0.25, -0.2) is 9.59 Å². The van der Waals surface area contributed by atoms with Crippen molar-refractivity contribution in [2.24, 2.45) is 0 Å². The van der Waals surface area contributed by atoms with Crippen LogP contribution in [0.3, 0.4) is 0 Å². The van der Waals surface area contributed by atoms with Crippen molar-refractivity contribution in [3.63, 3.8) is 0 Å². The van der Waals surface area contributed by atoms with Gasteiger partial charge in [-0.15, -0.1) is 0 Å². The number of halogens is 2. The Morgan fingerprint density at radius 3 is 2.45 bits per heavy atom. The molecule has 2 aromatic rings. The summed E-state index contributed by atoms with van der Waals surface area (Å²) in [5.41, 5.74) is 3.71. The number of carbonyl (C=O) groups excluding carboxylic acids is 3. The Balaban J connectivity index is 1.73. The van der Waals surface area contributed by atoms with Crippen LogP contribution in [0.1, 0.15) is 29.0 Å². The number of urea groups is 1. The van der Waals surface area contributed by atoms with E-state index in [1.54, 1.807) is 18.2 Å². The lowest BCUT2D eigenvalue weighted by Gasteiger charge is -2.33. The lowest BCUT2D eigenvalue weighted by atomic mass is 9.85. The molecule has 0 fully saturated rings. The molecule has 2 unspecified atom stereocenters. The van der Waals surface area contributed by atoms with Gasteiger partial charge in [0.1, 0.15) is 6.04 Å². The van der Waals surface area contributed by atoms with Gasteiger partial charge in [0.25, 0.3) is 0 Å². The molecule has 0 bridgehead atoms. The number of esters is 2. The van der Waals surface area contributed by atoms with Gasteiger partial charge in [-0.3, -0.25) is 4.79 Å². The molecule has 2 atom stereocenters. The predicted molar refractivity (Wildman–Crippen MR) is 126 cm³/mol. The Hall–Kier alpha value is -2.81. The van der Waals surface area contributed by atoms with E-state index in [0.717, 1.165) is 29.8 Å². The molecule has 0 aliphatic carbocycles. The van der Waals surface area contributed by atoms with Crippen molar-refractivity contribution in [1.82, 2.24) is 10.2 Å². The average molecular weight is 494 g/mol. The van der Waals surface area contributed by atoms with Gasteiger partial charge in [0.15, 0.2) is 0 Å². The fourth-order valence-corrected chi connectivity index (χ4v) is 4.41. The molecule has 2 amide bonds. The van der Waals surface area contributed by atoms with Gasteiger partial charge in [-0.2, -0.15) is 0 Å². The third-order valence-electron chi connectivity index (χ3n) is 5.45. The number of rotatable bonds is 6. The highest BCUT2D eigenvalue weighted by molar-refractivity contribution is 6.35. The van der Waals surface area contributed by atoms with Crippen molar-refractivity contribution in [2.75, 3.05) is 33.1 Å². The molecule has 1 aliphatic heterocycles. The number of hydrogen-bond donors (Lipinski definition) is 2. The summed E-state index contributed by atoms with van der Waals surface area (Å²) < 4.78 is 9.19. The summed E-state index contributed by atoms with van der Waals surface area (Å²) in [4.78, 5) is 37.9. The molecule has 176 valence electrons. The van der Waals surface area contributed by atoms with E-state index in [2.05, 4.69) is 25.0 Å². The molecule has 8 nitrogen and oxygen atoms in total. The van der Waals surface area contributed by atoms with Crippen molar-refractivity contribution in [3.8, 4) is 0 Å². The Kier molecular flexibility index (Phi) is 8.18. The number of carbonyl (C=O) groups is 3. The molecule has 0 saturated carbocycles. The average Bonchev–Trinajstić information content (AvgIpc) is 2.78. The fourth-order valence-electron chi connectivity index (χ4n) is 3.84. The summed E-state index contributed by atoms with van der Waals surface area (Å²) >= 11 is 12.7. The normalized spacial score (nSPS) is 16.3. The van der Waals surface area contributed by atoms with Crippen LogP contribution in [0.25, 0.3) is 0 Å². The Morgan fingerprint density at radius 2 is 1.82 bits per heavy atom. The molecule has 2 N–H and O–H groups in total. The van der Waals surface area contributed by atoms with Crippen LogP contribution in [0.4, 0.5) is 10.5 Å². The van der Waals surface area contributed by atoms with Crippen LogP contribution in [-0.2, 0) is 25.6 Å². The SMILES string of the molecule is COC(=O)CC(NC(=O)Nc1ccc(C2CN(C)Cc3c(Cl)cc(Cl)cc32)cc1)C(=O)OC. The second kappa shape index (κ2) is 10.9. The van der Waals surface area contributed by atoms with Crippen LogP contribution in [0.15, 0.2) is 36.4 Å². The van der Waals surface area contributed by atoms with E-state index in [4.69, 9.17) is 23.2 Å². The molecule has 33 heavy (non-hydrogen) atoms. The van der Waals surface area contributed by atoms with Crippen molar-refractivity contribution >= 4 is 46.9 Å². The Bertz CT molecular complexity index is 1050. The minimum absolute atomic E-state index is 0.0709. The summed E-state index contributed by atoms with van der Waals surface area (Å²) in [5.74, 6) is -1.32. The van der Waals surface area contributed by atoms with Crippen molar-refractivity contribution in [1.29, 1.82) is 0 Å². The maximum Gasteiger partial charge on any atom is 0.329 e. The van der Waals surface area contributed by atoms with E-state index in [9.17, 15) is 14.4 Å². The van der Waals surface area contributed by atoms with Crippen LogP contribution >= 0.6 is 23.2 Å². The zero-order chi connectivity index (χ0) is 24.1. The van der Waals surface area contributed by atoms with Crippen LogP contribution in [-0.4, -0.2) is 56.7 Å². The number of likely N-dealkylation sites (N-methyl/N-ethyl adjacent to an activating group) is 1. The fraction of sp³-hybridized carbons (Fsp3) is 0.348. The number of hydrogen-bond acceptors (Lipinski definition) is 6. The molecule has 1 aliphatic rings. The summed E-state index contributed by atoms with van der Waals surface area (Å²) in [6.07, 6.45) is -0.338. The maximum atomic E-state index is 12.4. The molecule has 0 saturated heterocycles. The van der Waals surface area contributed by atoms with E-state index < -0.39 is 24.0 Å². The highest BCUT2D eigenvalue weighted by atomic mass is 35.5. The Morgan fingerprint density at radius 1 is 1.12 bits per heavy atom. The molecule has 0 radical (unpaired) electrons. The standard InChI is InChI=1S/C23H25Cl2N3O5/c1-28-11-17(16-8-14(24)9-19(25)18(16)12-28)13-4-6-15(7-5-13)26-23(31)27-20(22(30)33-3)10-21(29)32-2/h4-9,17,20H,10-12H2,1-3H3,(H2,26,27,31). The third-order valence-corrected chi connectivity index (χ3v) is 6.01. The lowest BCUT2D eigenvalue weighted by Crippen LogP contribution is -2.45. The predicted octanol–water partition coefficient (Wildman–Crippen LogP) is 3.80. The number of fused-ring (bicyclic) bond motifs is 1. The molecular weight excluding hydrogens is 469 g/mol. The number of methoxy groups -OCH3 is 2. The number of benzene rings is 2. The van der Waals surface area contributed by atoms with E-state index >= 15 is 0 Å². The summed E-state index contributed by atoms with van der Waals surface area (Å²) in [6.45, 7) is 1.54. The largest absolute Gasteiger partial charge is 0.469 e. The van der Waals surface area contributed by atoms with Gasteiger partial charge in [-0.05, 0) is 48.0 Å². The number of nitrogens with zero attached hydrogens (tertiary/aromatic N) is 1. The second-order valence-electron chi connectivity index (χ2n) is 7.78. The van der Waals surface area contributed by atoms with E-state index in [-0.39, 0.29) is 12.3 Å². The number of amides is 2. The van der Waals surface area contributed by atoms with Crippen molar-refractivity contribution in [2.45, 2.75) is 24.9 Å². The molecule has 2 aromatic carbocycles. The summed E-state index contributed by atoms with van der Waals surface area (Å²) in [5, 5.41) is 6.33. The third kappa shape index (κ3) is 6.16. The van der Waals surface area contributed by atoms with Crippen molar-refractivity contribution in [3.05, 3.63) is 63.1 Å². The van der Waals surface area contributed by atoms with E-state index in [1.165, 1.54) is 14.2 Å². The first-order valence-electron chi connectivity index (χ1n) is 10.2. The van der Waals surface area contributed by atoms with Crippen LogP contribution in [0, 0.1) is 0 Å². The molecule has 0 aromatic heterocycles. The zero-order valence-electron chi connectivity index (χ0n) is 18.5. The number of anilines is 1. The molecule has 10 heteroatoms. The zero-order valence-corrected chi connectivity index (χ0v) is 20.0. The quantitative estimate of drug-likeness (QED) is 0.594. The minimum Gasteiger partial charge on any atom is -0.469 e. The van der Waals surface area contributed by atoms with E-state index in [1.807, 2.05) is 25.2 Å². The highest BCUT2D eigenvalue weighted by Gasteiger charge is 2.28. The second-order valence-corrected chi connectivity index (χ2v) is 8.62. The van der Waals surface area contributed by atoms with Gasteiger partial charge < -0.3 is 25.0 Å². The smallest absolute Gasteiger partial charge is 0.329 e.